The van der Waals surface area contributed by atoms with Crippen molar-refractivity contribution < 1.29 is 17.9 Å². The molecule has 2 atom stereocenters. The topological polar surface area (TPSA) is 67.9 Å². The van der Waals surface area contributed by atoms with Crippen molar-refractivity contribution in [2.45, 2.75) is 36.2 Å². The maximum atomic E-state index is 13.2. The molecule has 2 bridgehead atoms. The number of ether oxygens (including phenoxy) is 2. The van der Waals surface area contributed by atoms with Gasteiger partial charge in [-0.15, -0.1) is 12.4 Å². The Kier molecular flexibility index (Phi) is 6.50. The Morgan fingerprint density at radius 3 is 2.11 bits per heavy atom. The molecule has 152 valence electrons. The fourth-order valence-electron chi connectivity index (χ4n) is 3.91. The van der Waals surface area contributed by atoms with Crippen LogP contribution in [-0.4, -0.2) is 45.0 Å². The van der Waals surface area contributed by atoms with E-state index in [1.807, 2.05) is 24.3 Å². The summed E-state index contributed by atoms with van der Waals surface area (Å²) in [7, 11) is -1.89. The first-order valence-corrected chi connectivity index (χ1v) is 10.7. The van der Waals surface area contributed by atoms with E-state index >= 15 is 0 Å². The average Bonchev–Trinajstić information content (AvgIpc) is 2.96. The molecule has 0 aliphatic carbocycles. The third-order valence-electron chi connectivity index (χ3n) is 5.28. The van der Waals surface area contributed by atoms with Crippen LogP contribution in [0.4, 0.5) is 0 Å². The largest absolute Gasteiger partial charge is 0.497 e. The third-order valence-corrected chi connectivity index (χ3v) is 7.30. The van der Waals surface area contributed by atoms with Crippen molar-refractivity contribution in [3.05, 3.63) is 48.5 Å². The molecule has 0 radical (unpaired) electrons. The summed E-state index contributed by atoms with van der Waals surface area (Å²) >= 11 is 0. The molecule has 2 saturated heterocycles. The molecule has 0 amide bonds. The molecule has 4 rings (SSSR count). The van der Waals surface area contributed by atoms with Crippen molar-refractivity contribution in [1.29, 1.82) is 0 Å². The number of hydrogen-bond acceptors (Lipinski definition) is 5. The Bertz CT molecular complexity index is 873. The molecule has 2 aliphatic heterocycles. The average molecular weight is 425 g/mol. The van der Waals surface area contributed by atoms with Gasteiger partial charge in [0.25, 0.3) is 0 Å². The number of sulfonamides is 1. The van der Waals surface area contributed by atoms with Crippen molar-refractivity contribution in [2.24, 2.45) is 0 Å². The van der Waals surface area contributed by atoms with Gasteiger partial charge in [-0.3, -0.25) is 0 Å². The molecule has 28 heavy (non-hydrogen) atoms. The van der Waals surface area contributed by atoms with Gasteiger partial charge in [0.15, 0.2) is 0 Å². The SMILES string of the molecule is COc1ccc(Oc2ccc(S(=O)(=O)N3C4CCNCC3CC4)cc2)cc1.Cl. The van der Waals surface area contributed by atoms with Gasteiger partial charge in [0.2, 0.25) is 10.0 Å². The van der Waals surface area contributed by atoms with Crippen LogP contribution in [0.2, 0.25) is 0 Å². The Labute approximate surface area is 172 Å². The van der Waals surface area contributed by atoms with Crippen LogP contribution in [0.5, 0.6) is 17.2 Å². The van der Waals surface area contributed by atoms with E-state index in [2.05, 4.69) is 5.32 Å². The quantitative estimate of drug-likeness (QED) is 0.796. The molecule has 0 aromatic heterocycles. The molecular formula is C20H25ClN2O4S. The Hall–Kier alpha value is -1.80. The molecule has 0 saturated carbocycles. The summed E-state index contributed by atoms with van der Waals surface area (Å²) in [5.74, 6) is 2.02. The standard InChI is InChI=1S/C20H24N2O4S.ClH/c1-25-17-4-6-18(7-5-17)26-19-8-10-20(11-9-19)27(23,24)22-15-2-3-16(22)14-21-13-12-15;/h4-11,15-16,21H,2-3,12-14H2,1H3;1H. The van der Waals surface area contributed by atoms with Gasteiger partial charge in [0, 0.05) is 18.6 Å². The lowest BCUT2D eigenvalue weighted by Crippen LogP contribution is -2.42. The number of halogens is 1. The summed E-state index contributed by atoms with van der Waals surface area (Å²) < 4.78 is 39.0. The summed E-state index contributed by atoms with van der Waals surface area (Å²) in [6.07, 6.45) is 2.74. The van der Waals surface area contributed by atoms with E-state index in [0.717, 1.165) is 38.1 Å². The zero-order valence-electron chi connectivity index (χ0n) is 15.7. The molecule has 8 heteroatoms. The number of nitrogens with one attached hydrogen (secondary N) is 1. The molecular weight excluding hydrogens is 400 g/mol. The fourth-order valence-corrected chi connectivity index (χ4v) is 5.81. The van der Waals surface area contributed by atoms with Gasteiger partial charge in [-0.25, -0.2) is 8.42 Å². The second-order valence-electron chi connectivity index (χ2n) is 6.96. The van der Waals surface area contributed by atoms with Gasteiger partial charge in [0.1, 0.15) is 17.2 Å². The van der Waals surface area contributed by atoms with E-state index < -0.39 is 10.0 Å². The number of benzene rings is 2. The zero-order valence-corrected chi connectivity index (χ0v) is 17.3. The maximum Gasteiger partial charge on any atom is 0.243 e. The molecule has 1 N–H and O–H groups in total. The fraction of sp³-hybridized carbons (Fsp3) is 0.400. The highest BCUT2D eigenvalue weighted by atomic mass is 35.5. The van der Waals surface area contributed by atoms with E-state index in [9.17, 15) is 8.42 Å². The summed E-state index contributed by atoms with van der Waals surface area (Å²) in [6.45, 7) is 1.61. The van der Waals surface area contributed by atoms with E-state index in [0.29, 0.717) is 16.4 Å². The normalized spacial score (nSPS) is 22.2. The van der Waals surface area contributed by atoms with Crippen LogP contribution in [0.25, 0.3) is 0 Å². The van der Waals surface area contributed by atoms with E-state index in [1.54, 1.807) is 35.7 Å². The highest BCUT2D eigenvalue weighted by Gasteiger charge is 2.42. The Morgan fingerprint density at radius 2 is 1.46 bits per heavy atom. The van der Waals surface area contributed by atoms with Crippen LogP contribution >= 0.6 is 12.4 Å². The predicted octanol–water partition coefficient (Wildman–Crippen LogP) is 3.42. The lowest BCUT2D eigenvalue weighted by atomic mass is 10.1. The van der Waals surface area contributed by atoms with Crippen molar-refractivity contribution in [3.63, 3.8) is 0 Å². The minimum Gasteiger partial charge on any atom is -0.497 e. The smallest absolute Gasteiger partial charge is 0.243 e. The van der Waals surface area contributed by atoms with Crippen LogP contribution in [0, 0.1) is 0 Å². The molecule has 2 fully saturated rings. The maximum absolute atomic E-state index is 13.2. The summed E-state index contributed by atoms with van der Waals surface area (Å²) in [4.78, 5) is 0.323. The lowest BCUT2D eigenvalue weighted by molar-refractivity contribution is 0.334. The van der Waals surface area contributed by atoms with E-state index in [-0.39, 0.29) is 24.5 Å². The van der Waals surface area contributed by atoms with Crippen LogP contribution in [0.1, 0.15) is 19.3 Å². The molecule has 2 unspecified atom stereocenters. The van der Waals surface area contributed by atoms with Gasteiger partial charge < -0.3 is 14.8 Å². The monoisotopic (exact) mass is 424 g/mol. The zero-order chi connectivity index (χ0) is 18.9. The third kappa shape index (κ3) is 4.12. The Balaban J connectivity index is 0.00000225. The summed E-state index contributed by atoms with van der Waals surface area (Å²) in [5.41, 5.74) is 0. The molecule has 2 aromatic rings. The molecule has 2 aliphatic rings. The molecule has 2 heterocycles. The van der Waals surface area contributed by atoms with Crippen LogP contribution in [-0.2, 0) is 10.0 Å². The summed E-state index contributed by atoms with van der Waals surface area (Å²) in [5, 5.41) is 3.34. The van der Waals surface area contributed by atoms with Crippen LogP contribution < -0.4 is 14.8 Å². The molecule has 6 nitrogen and oxygen atoms in total. The minimum absolute atomic E-state index is 0. The van der Waals surface area contributed by atoms with Gasteiger partial charge >= 0.3 is 0 Å². The first-order chi connectivity index (χ1) is 13.1. The summed E-state index contributed by atoms with van der Waals surface area (Å²) in [6, 6.07) is 14.1. The van der Waals surface area contributed by atoms with Gasteiger partial charge in [-0.1, -0.05) is 0 Å². The Morgan fingerprint density at radius 1 is 0.893 bits per heavy atom. The number of nitrogens with zero attached hydrogens (tertiary/aromatic N) is 1. The molecule has 2 aromatic carbocycles. The number of methoxy groups -OCH3 is 1. The van der Waals surface area contributed by atoms with Crippen molar-refractivity contribution in [1.82, 2.24) is 9.62 Å². The minimum atomic E-state index is -3.50. The second kappa shape index (κ2) is 8.69. The van der Waals surface area contributed by atoms with Gasteiger partial charge in [-0.05, 0) is 74.3 Å². The highest BCUT2D eigenvalue weighted by Crippen LogP contribution is 2.34. The van der Waals surface area contributed by atoms with E-state index in [4.69, 9.17) is 9.47 Å². The molecule has 0 spiro atoms. The second-order valence-corrected chi connectivity index (χ2v) is 8.80. The van der Waals surface area contributed by atoms with E-state index in [1.165, 1.54) is 0 Å². The lowest BCUT2D eigenvalue weighted by Gasteiger charge is -2.26. The van der Waals surface area contributed by atoms with Gasteiger partial charge in [-0.2, -0.15) is 4.31 Å². The van der Waals surface area contributed by atoms with Crippen LogP contribution in [0.15, 0.2) is 53.4 Å². The van der Waals surface area contributed by atoms with Crippen molar-refractivity contribution in [3.8, 4) is 17.2 Å². The number of fused-ring (bicyclic) bond motifs is 2. The first-order valence-electron chi connectivity index (χ1n) is 9.24. The highest BCUT2D eigenvalue weighted by molar-refractivity contribution is 7.89. The predicted molar refractivity (Wildman–Crippen MR) is 110 cm³/mol. The van der Waals surface area contributed by atoms with Gasteiger partial charge in [0.05, 0.1) is 12.0 Å². The van der Waals surface area contributed by atoms with Crippen LogP contribution in [0.3, 0.4) is 0 Å². The number of hydrogen-bond donors (Lipinski definition) is 1. The van der Waals surface area contributed by atoms with Crippen molar-refractivity contribution in [2.75, 3.05) is 20.2 Å². The first kappa shape index (κ1) is 20.9. The number of rotatable bonds is 5. The van der Waals surface area contributed by atoms with Crippen molar-refractivity contribution >= 4 is 22.4 Å².